The van der Waals surface area contributed by atoms with Crippen LogP contribution in [0.5, 0.6) is 0 Å². The molecule has 0 amide bonds. The summed E-state index contributed by atoms with van der Waals surface area (Å²) in [7, 11) is -1.48. The molecule has 1 aromatic carbocycles. The van der Waals surface area contributed by atoms with Crippen molar-refractivity contribution in [2.75, 3.05) is 13.6 Å². The van der Waals surface area contributed by atoms with Crippen LogP contribution in [0.1, 0.15) is 31.9 Å². The van der Waals surface area contributed by atoms with Gasteiger partial charge >= 0.3 is 0 Å². The van der Waals surface area contributed by atoms with E-state index >= 15 is 0 Å². The molecule has 106 valence electrons. The molecule has 0 bridgehead atoms. The summed E-state index contributed by atoms with van der Waals surface area (Å²) in [5.41, 5.74) is 1.08. The third-order valence-electron chi connectivity index (χ3n) is 3.94. The summed E-state index contributed by atoms with van der Waals surface area (Å²) < 4.78 is 26.9. The molecule has 1 fully saturated rings. The number of hydrogen-bond acceptors (Lipinski definition) is 3. The van der Waals surface area contributed by atoms with E-state index in [1.807, 2.05) is 26.1 Å². The minimum absolute atomic E-state index is 0.219. The van der Waals surface area contributed by atoms with Crippen LogP contribution in [0, 0.1) is 11.8 Å². The first-order chi connectivity index (χ1) is 8.94. The normalized spacial score (nSPS) is 24.2. The molecular weight excluding hydrogens is 260 g/mol. The molecule has 0 radical (unpaired) electrons. The number of rotatable bonds is 6. The molecule has 1 aliphatic rings. The zero-order valence-electron chi connectivity index (χ0n) is 11.7. The van der Waals surface area contributed by atoms with Crippen molar-refractivity contribution in [2.24, 2.45) is 11.8 Å². The highest BCUT2D eigenvalue weighted by molar-refractivity contribution is 7.89. The van der Waals surface area contributed by atoms with Crippen LogP contribution in [-0.4, -0.2) is 22.0 Å². The fourth-order valence-corrected chi connectivity index (χ4v) is 3.18. The molecule has 2 rings (SSSR count). The van der Waals surface area contributed by atoms with Gasteiger partial charge in [-0.2, -0.15) is 0 Å². The molecule has 0 spiro atoms. The van der Waals surface area contributed by atoms with E-state index in [1.165, 1.54) is 0 Å². The quantitative estimate of drug-likeness (QED) is 0.838. The smallest absolute Gasteiger partial charge is 0.240 e. The van der Waals surface area contributed by atoms with E-state index in [9.17, 15) is 8.42 Å². The predicted octanol–water partition coefficient (Wildman–Crippen LogP) is 1.90. The van der Waals surface area contributed by atoms with Gasteiger partial charge in [-0.15, -0.1) is 0 Å². The number of nitrogens with one attached hydrogen (secondary N) is 2. The maximum absolute atomic E-state index is 12.1. The van der Waals surface area contributed by atoms with E-state index in [1.54, 1.807) is 12.1 Å². The molecule has 5 heteroatoms. The van der Waals surface area contributed by atoms with E-state index in [0.29, 0.717) is 23.3 Å². The Bertz CT molecular complexity index is 525. The molecule has 3 atom stereocenters. The van der Waals surface area contributed by atoms with Crippen molar-refractivity contribution in [3.05, 3.63) is 29.8 Å². The molecule has 0 heterocycles. The largest absolute Gasteiger partial charge is 0.313 e. The van der Waals surface area contributed by atoms with E-state index in [4.69, 9.17) is 0 Å². The summed E-state index contributed by atoms with van der Waals surface area (Å²) in [4.78, 5) is 0.341. The molecule has 3 unspecified atom stereocenters. The second-order valence-electron chi connectivity index (χ2n) is 5.40. The van der Waals surface area contributed by atoms with Crippen LogP contribution >= 0.6 is 0 Å². The predicted molar refractivity (Wildman–Crippen MR) is 76.4 cm³/mol. The zero-order chi connectivity index (χ0) is 14.0. The highest BCUT2D eigenvalue weighted by Gasteiger charge is 2.33. The topological polar surface area (TPSA) is 58.2 Å². The Morgan fingerprint density at radius 2 is 1.89 bits per heavy atom. The van der Waals surface area contributed by atoms with Crippen molar-refractivity contribution >= 4 is 10.0 Å². The molecule has 0 aliphatic heterocycles. The Labute approximate surface area is 115 Å². The van der Waals surface area contributed by atoms with Gasteiger partial charge in [0.2, 0.25) is 10.0 Å². The fourth-order valence-electron chi connectivity index (χ4n) is 2.09. The average molecular weight is 282 g/mol. The second-order valence-corrected chi connectivity index (χ2v) is 7.17. The monoisotopic (exact) mass is 282 g/mol. The molecule has 4 nitrogen and oxygen atoms in total. The summed E-state index contributed by atoms with van der Waals surface area (Å²) in [6, 6.07) is 7.27. The van der Waals surface area contributed by atoms with Crippen LogP contribution in [0.15, 0.2) is 29.2 Å². The summed E-state index contributed by atoms with van der Waals surface area (Å²) in [6.07, 6.45) is 1.13. The molecular formula is C14H22N2O2S. The van der Waals surface area contributed by atoms with Gasteiger partial charge in [-0.05, 0) is 49.9 Å². The maximum atomic E-state index is 12.1. The van der Waals surface area contributed by atoms with Crippen molar-refractivity contribution in [2.45, 2.75) is 31.2 Å². The Morgan fingerprint density at radius 3 is 2.37 bits per heavy atom. The van der Waals surface area contributed by atoms with Gasteiger partial charge in [-0.25, -0.2) is 13.1 Å². The lowest BCUT2D eigenvalue weighted by atomic mass is 10.1. The molecule has 19 heavy (non-hydrogen) atoms. The molecule has 1 saturated carbocycles. The standard InChI is InChI=1S/C14H22N2O2S/c1-10-8-13(10)9-16-19(17,18)14-6-4-12(5-7-14)11(2)15-3/h4-7,10-11,13,15-16H,8-9H2,1-3H3. The SMILES string of the molecule is CNC(C)c1ccc(S(=O)(=O)NCC2CC2C)cc1. The van der Waals surface area contributed by atoms with Crippen LogP contribution in [0.4, 0.5) is 0 Å². The van der Waals surface area contributed by atoms with Gasteiger partial charge in [0, 0.05) is 12.6 Å². The third kappa shape index (κ3) is 3.55. The summed E-state index contributed by atoms with van der Waals surface area (Å²) in [6.45, 7) is 4.74. The van der Waals surface area contributed by atoms with Gasteiger partial charge in [0.05, 0.1) is 4.90 Å². The van der Waals surface area contributed by atoms with Crippen LogP contribution in [0.2, 0.25) is 0 Å². The highest BCUT2D eigenvalue weighted by Crippen LogP contribution is 2.37. The Balaban J connectivity index is 2.03. The van der Waals surface area contributed by atoms with Gasteiger partial charge in [0.25, 0.3) is 0 Å². The Kier molecular flexibility index (Phi) is 4.28. The summed E-state index contributed by atoms with van der Waals surface area (Å²) in [5.74, 6) is 1.17. The lowest BCUT2D eigenvalue weighted by Gasteiger charge is -2.11. The van der Waals surface area contributed by atoms with E-state index in [0.717, 1.165) is 12.0 Å². The van der Waals surface area contributed by atoms with Crippen LogP contribution in [-0.2, 0) is 10.0 Å². The number of sulfonamides is 1. The molecule has 0 aromatic heterocycles. The van der Waals surface area contributed by atoms with Crippen molar-refractivity contribution in [3.63, 3.8) is 0 Å². The van der Waals surface area contributed by atoms with Gasteiger partial charge in [-0.3, -0.25) is 0 Å². The first-order valence-electron chi connectivity index (χ1n) is 6.71. The zero-order valence-corrected chi connectivity index (χ0v) is 12.5. The second kappa shape index (κ2) is 5.61. The van der Waals surface area contributed by atoms with Gasteiger partial charge in [0.15, 0.2) is 0 Å². The van der Waals surface area contributed by atoms with Gasteiger partial charge in [0.1, 0.15) is 0 Å². The molecule has 1 aromatic rings. The highest BCUT2D eigenvalue weighted by atomic mass is 32.2. The minimum Gasteiger partial charge on any atom is -0.313 e. The van der Waals surface area contributed by atoms with Gasteiger partial charge < -0.3 is 5.32 Å². The first kappa shape index (κ1) is 14.5. The summed E-state index contributed by atoms with van der Waals surface area (Å²) >= 11 is 0. The van der Waals surface area contributed by atoms with E-state index in [-0.39, 0.29) is 6.04 Å². The minimum atomic E-state index is -3.36. The van der Waals surface area contributed by atoms with Crippen LogP contribution in [0.25, 0.3) is 0 Å². The maximum Gasteiger partial charge on any atom is 0.240 e. The van der Waals surface area contributed by atoms with Crippen molar-refractivity contribution < 1.29 is 8.42 Å². The molecule has 2 N–H and O–H groups in total. The van der Waals surface area contributed by atoms with E-state index in [2.05, 4.69) is 17.0 Å². The van der Waals surface area contributed by atoms with E-state index < -0.39 is 10.0 Å². The van der Waals surface area contributed by atoms with Crippen LogP contribution < -0.4 is 10.0 Å². The van der Waals surface area contributed by atoms with Gasteiger partial charge in [-0.1, -0.05) is 19.1 Å². The van der Waals surface area contributed by atoms with Crippen molar-refractivity contribution in [3.8, 4) is 0 Å². The first-order valence-corrected chi connectivity index (χ1v) is 8.19. The lowest BCUT2D eigenvalue weighted by Crippen LogP contribution is -2.26. The summed E-state index contributed by atoms with van der Waals surface area (Å²) in [5, 5.41) is 3.13. The average Bonchev–Trinajstić information content (AvgIpc) is 3.12. The third-order valence-corrected chi connectivity index (χ3v) is 5.37. The lowest BCUT2D eigenvalue weighted by molar-refractivity contribution is 0.574. The fraction of sp³-hybridized carbons (Fsp3) is 0.571. The number of hydrogen-bond donors (Lipinski definition) is 2. The molecule has 1 aliphatic carbocycles. The van der Waals surface area contributed by atoms with Crippen LogP contribution in [0.3, 0.4) is 0 Å². The molecule has 0 saturated heterocycles. The Morgan fingerprint density at radius 1 is 1.32 bits per heavy atom. The Hall–Kier alpha value is -0.910. The van der Waals surface area contributed by atoms with Crippen molar-refractivity contribution in [1.29, 1.82) is 0 Å². The van der Waals surface area contributed by atoms with Crippen molar-refractivity contribution in [1.82, 2.24) is 10.0 Å². The number of benzene rings is 1.